The van der Waals surface area contributed by atoms with Crippen molar-refractivity contribution in [2.45, 2.75) is 39.6 Å². The Morgan fingerprint density at radius 3 is 2.47 bits per heavy atom. The highest BCUT2D eigenvalue weighted by Gasteiger charge is 2.17. The lowest BCUT2D eigenvalue weighted by atomic mass is 10.1. The van der Waals surface area contributed by atoms with Gasteiger partial charge >= 0.3 is 0 Å². The maximum absolute atomic E-state index is 12.6. The van der Waals surface area contributed by atoms with Crippen molar-refractivity contribution in [2.75, 3.05) is 44.4 Å². The fourth-order valence-corrected chi connectivity index (χ4v) is 3.32. The molecule has 1 fully saturated rings. The van der Waals surface area contributed by atoms with Crippen LogP contribution < -0.4 is 10.2 Å². The lowest BCUT2D eigenvalue weighted by Crippen LogP contribution is -2.36. The summed E-state index contributed by atoms with van der Waals surface area (Å²) >= 11 is 0. The molecule has 1 aromatic carbocycles. The van der Waals surface area contributed by atoms with Crippen molar-refractivity contribution in [3.8, 4) is 0 Å². The molecule has 3 rings (SSSR count). The first-order valence-electron chi connectivity index (χ1n) is 10.5. The van der Waals surface area contributed by atoms with Gasteiger partial charge in [0.05, 0.1) is 32.0 Å². The van der Waals surface area contributed by atoms with Gasteiger partial charge in [0.25, 0.3) is 5.91 Å². The number of anilines is 1. The fourth-order valence-electron chi connectivity index (χ4n) is 3.32. The highest BCUT2D eigenvalue weighted by Crippen LogP contribution is 2.20. The SMILES string of the molecule is CCOC(Cn1cc(C(=O)N[C@H](C)c2ccc(N3CCOCC3)cc2)nn1)OCC. The Labute approximate surface area is 177 Å². The topological polar surface area (TPSA) is 90.7 Å². The van der Waals surface area contributed by atoms with E-state index >= 15 is 0 Å². The zero-order valence-corrected chi connectivity index (χ0v) is 17.9. The van der Waals surface area contributed by atoms with Crippen LogP contribution in [-0.4, -0.2) is 66.7 Å². The Morgan fingerprint density at radius 1 is 1.17 bits per heavy atom. The standard InChI is InChI=1S/C21H31N5O4/c1-4-29-20(30-5-2)15-26-14-19(23-24-26)21(27)22-16(3)17-6-8-18(9-7-17)25-10-12-28-13-11-25/h6-9,14,16,20H,4-5,10-13,15H2,1-3H3,(H,22,27)/t16-/m1/s1. The number of amides is 1. The van der Waals surface area contributed by atoms with Crippen molar-refractivity contribution in [3.63, 3.8) is 0 Å². The molecule has 1 aromatic heterocycles. The molecule has 1 saturated heterocycles. The molecular weight excluding hydrogens is 386 g/mol. The van der Waals surface area contributed by atoms with Crippen LogP contribution in [0.1, 0.15) is 42.9 Å². The van der Waals surface area contributed by atoms with Crippen LogP contribution in [0.5, 0.6) is 0 Å². The molecule has 2 aromatic rings. The van der Waals surface area contributed by atoms with E-state index in [0.717, 1.165) is 31.9 Å². The van der Waals surface area contributed by atoms with Crippen molar-refractivity contribution in [1.29, 1.82) is 0 Å². The molecular formula is C21H31N5O4. The van der Waals surface area contributed by atoms with Crippen LogP contribution >= 0.6 is 0 Å². The van der Waals surface area contributed by atoms with Crippen molar-refractivity contribution >= 4 is 11.6 Å². The first-order valence-corrected chi connectivity index (χ1v) is 10.5. The molecule has 164 valence electrons. The second-order valence-electron chi connectivity index (χ2n) is 7.05. The summed E-state index contributed by atoms with van der Waals surface area (Å²) in [6.45, 7) is 10.5. The van der Waals surface area contributed by atoms with Crippen molar-refractivity contribution in [2.24, 2.45) is 0 Å². The predicted octanol–water partition coefficient (Wildman–Crippen LogP) is 2.00. The van der Waals surface area contributed by atoms with E-state index in [4.69, 9.17) is 14.2 Å². The van der Waals surface area contributed by atoms with E-state index in [0.29, 0.717) is 19.8 Å². The van der Waals surface area contributed by atoms with Gasteiger partial charge in [-0.1, -0.05) is 17.3 Å². The number of nitrogens with zero attached hydrogens (tertiary/aromatic N) is 4. The molecule has 30 heavy (non-hydrogen) atoms. The molecule has 0 aliphatic carbocycles. The summed E-state index contributed by atoms with van der Waals surface area (Å²) in [6, 6.07) is 8.10. The number of carbonyl (C=O) groups excluding carboxylic acids is 1. The normalized spacial score (nSPS) is 15.4. The van der Waals surface area contributed by atoms with Crippen LogP contribution in [0.3, 0.4) is 0 Å². The molecule has 1 N–H and O–H groups in total. The molecule has 0 spiro atoms. The smallest absolute Gasteiger partial charge is 0.273 e. The van der Waals surface area contributed by atoms with E-state index in [1.807, 2.05) is 32.9 Å². The lowest BCUT2D eigenvalue weighted by Gasteiger charge is -2.29. The molecule has 9 nitrogen and oxygen atoms in total. The Balaban J connectivity index is 1.55. The van der Waals surface area contributed by atoms with Gasteiger partial charge in [0.15, 0.2) is 12.0 Å². The van der Waals surface area contributed by atoms with Gasteiger partial charge < -0.3 is 24.4 Å². The Morgan fingerprint density at radius 2 is 1.83 bits per heavy atom. The van der Waals surface area contributed by atoms with Crippen molar-refractivity contribution in [3.05, 3.63) is 41.7 Å². The molecule has 9 heteroatoms. The average Bonchev–Trinajstić information content (AvgIpc) is 3.23. The highest BCUT2D eigenvalue weighted by molar-refractivity contribution is 5.92. The first-order chi connectivity index (χ1) is 14.6. The van der Waals surface area contributed by atoms with Gasteiger partial charge in [-0.3, -0.25) is 4.79 Å². The maximum Gasteiger partial charge on any atom is 0.273 e. The van der Waals surface area contributed by atoms with Gasteiger partial charge in [0.2, 0.25) is 0 Å². The number of hydrogen-bond acceptors (Lipinski definition) is 7. The van der Waals surface area contributed by atoms with Gasteiger partial charge in [-0.05, 0) is 38.5 Å². The molecule has 1 amide bonds. The number of morpholine rings is 1. The molecule has 1 atom stereocenters. The Bertz CT molecular complexity index is 783. The predicted molar refractivity (Wildman–Crippen MR) is 112 cm³/mol. The molecule has 0 unspecified atom stereocenters. The third-order valence-corrected chi connectivity index (χ3v) is 4.93. The van der Waals surface area contributed by atoms with E-state index in [1.54, 1.807) is 10.9 Å². The second-order valence-corrected chi connectivity index (χ2v) is 7.05. The third-order valence-electron chi connectivity index (χ3n) is 4.93. The highest BCUT2D eigenvalue weighted by atomic mass is 16.7. The minimum atomic E-state index is -0.415. The number of ether oxygens (including phenoxy) is 3. The summed E-state index contributed by atoms with van der Waals surface area (Å²) in [5.41, 5.74) is 2.46. The average molecular weight is 418 g/mol. The maximum atomic E-state index is 12.6. The number of nitrogens with one attached hydrogen (secondary N) is 1. The zero-order valence-electron chi connectivity index (χ0n) is 17.9. The minimum absolute atomic E-state index is 0.152. The van der Waals surface area contributed by atoms with Gasteiger partial charge in [0, 0.05) is 32.0 Å². The van der Waals surface area contributed by atoms with Crippen LogP contribution in [0, 0.1) is 0 Å². The summed E-state index contributed by atoms with van der Waals surface area (Å²) in [4.78, 5) is 14.9. The van der Waals surface area contributed by atoms with Crippen LogP contribution in [0.15, 0.2) is 30.5 Å². The third kappa shape index (κ3) is 6.01. The van der Waals surface area contributed by atoms with E-state index in [-0.39, 0.29) is 17.6 Å². The quantitative estimate of drug-likeness (QED) is 0.591. The van der Waals surface area contributed by atoms with E-state index in [9.17, 15) is 4.79 Å². The molecule has 0 radical (unpaired) electrons. The summed E-state index contributed by atoms with van der Waals surface area (Å²) < 4.78 is 18.0. The zero-order chi connectivity index (χ0) is 21.3. The van der Waals surface area contributed by atoms with Crippen LogP contribution in [-0.2, 0) is 20.8 Å². The van der Waals surface area contributed by atoms with Gasteiger partial charge in [-0.15, -0.1) is 5.10 Å². The van der Waals surface area contributed by atoms with Crippen LogP contribution in [0.2, 0.25) is 0 Å². The lowest BCUT2D eigenvalue weighted by molar-refractivity contribution is -0.145. The first kappa shape index (κ1) is 22.2. The van der Waals surface area contributed by atoms with E-state index < -0.39 is 6.29 Å². The molecule has 0 bridgehead atoms. The van der Waals surface area contributed by atoms with Gasteiger partial charge in [0.1, 0.15) is 0 Å². The van der Waals surface area contributed by atoms with Crippen molar-refractivity contribution < 1.29 is 19.0 Å². The van der Waals surface area contributed by atoms with Gasteiger partial charge in [-0.2, -0.15) is 0 Å². The Kier molecular flexibility index (Phi) is 8.18. The minimum Gasteiger partial charge on any atom is -0.378 e. The summed E-state index contributed by atoms with van der Waals surface area (Å²) in [5, 5.41) is 11.0. The summed E-state index contributed by atoms with van der Waals surface area (Å²) in [5.74, 6) is -0.268. The second kappa shape index (κ2) is 11.1. The molecule has 1 aliphatic heterocycles. The van der Waals surface area contributed by atoms with E-state index in [2.05, 4.69) is 32.7 Å². The number of hydrogen-bond donors (Lipinski definition) is 1. The number of benzene rings is 1. The van der Waals surface area contributed by atoms with Crippen LogP contribution in [0.25, 0.3) is 0 Å². The molecule has 2 heterocycles. The van der Waals surface area contributed by atoms with Gasteiger partial charge in [-0.25, -0.2) is 4.68 Å². The number of rotatable bonds is 10. The summed E-state index contributed by atoms with van der Waals surface area (Å²) in [7, 11) is 0. The summed E-state index contributed by atoms with van der Waals surface area (Å²) in [6.07, 6.45) is 1.19. The van der Waals surface area contributed by atoms with E-state index in [1.165, 1.54) is 5.69 Å². The Hall–Kier alpha value is -2.49. The van der Waals surface area contributed by atoms with Crippen molar-refractivity contribution in [1.82, 2.24) is 20.3 Å². The molecule has 1 aliphatic rings. The number of aromatic nitrogens is 3. The number of carbonyl (C=O) groups is 1. The largest absolute Gasteiger partial charge is 0.378 e. The van der Waals surface area contributed by atoms with Crippen LogP contribution in [0.4, 0.5) is 5.69 Å². The molecule has 0 saturated carbocycles. The fraction of sp³-hybridized carbons (Fsp3) is 0.571. The monoisotopic (exact) mass is 417 g/mol.